The highest BCUT2D eigenvalue weighted by Crippen LogP contribution is 2.43. The lowest BCUT2D eigenvalue weighted by atomic mass is 9.87. The minimum absolute atomic E-state index is 0.314. The SMILES string of the molecule is Cc1ccc(N2CCCCCC2)c(N2C(N)=NC(N)=NC23CCCCC3)c1. The zero-order valence-corrected chi connectivity index (χ0v) is 16.5. The second kappa shape index (κ2) is 7.41. The molecule has 2 aliphatic heterocycles. The van der Waals surface area contributed by atoms with Crippen LogP contribution in [0.5, 0.6) is 0 Å². The standard InChI is InChI=1S/C21H32N6/c1-16-9-10-17(26-13-7-2-3-8-14-26)18(15-16)27-20(23)24-19(22)25-21(27)11-5-4-6-12-21/h9-10,15H,2-8,11-14H2,1H3,(H4,22,23,24,25). The van der Waals surface area contributed by atoms with E-state index in [4.69, 9.17) is 16.5 Å². The monoisotopic (exact) mass is 368 g/mol. The first-order valence-electron chi connectivity index (χ1n) is 10.4. The summed E-state index contributed by atoms with van der Waals surface area (Å²) in [5.74, 6) is 0.792. The van der Waals surface area contributed by atoms with Crippen molar-refractivity contribution in [3.63, 3.8) is 0 Å². The predicted octanol–water partition coefficient (Wildman–Crippen LogP) is 3.49. The van der Waals surface area contributed by atoms with Gasteiger partial charge in [0, 0.05) is 13.1 Å². The number of rotatable bonds is 2. The van der Waals surface area contributed by atoms with Crippen LogP contribution in [0.25, 0.3) is 0 Å². The van der Waals surface area contributed by atoms with Crippen molar-refractivity contribution >= 4 is 23.3 Å². The Labute approximate surface area is 162 Å². The number of hydrogen-bond acceptors (Lipinski definition) is 6. The zero-order chi connectivity index (χ0) is 18.9. The Hall–Kier alpha value is -2.24. The molecule has 146 valence electrons. The first-order chi connectivity index (χ1) is 13.1. The van der Waals surface area contributed by atoms with Crippen LogP contribution in [0.3, 0.4) is 0 Å². The van der Waals surface area contributed by atoms with E-state index in [1.807, 2.05) is 0 Å². The van der Waals surface area contributed by atoms with E-state index >= 15 is 0 Å². The van der Waals surface area contributed by atoms with E-state index in [2.05, 4.69) is 39.9 Å². The molecule has 1 aliphatic carbocycles. The van der Waals surface area contributed by atoms with Crippen LogP contribution >= 0.6 is 0 Å². The number of guanidine groups is 2. The summed E-state index contributed by atoms with van der Waals surface area (Å²) in [6.07, 6.45) is 10.6. The van der Waals surface area contributed by atoms with Gasteiger partial charge in [0.25, 0.3) is 0 Å². The molecule has 0 amide bonds. The largest absolute Gasteiger partial charge is 0.370 e. The maximum Gasteiger partial charge on any atom is 0.220 e. The van der Waals surface area contributed by atoms with Crippen LogP contribution in [0.2, 0.25) is 0 Å². The summed E-state index contributed by atoms with van der Waals surface area (Å²) in [7, 11) is 0. The molecule has 0 unspecified atom stereocenters. The third kappa shape index (κ3) is 3.49. The number of benzene rings is 1. The molecule has 1 spiro atoms. The van der Waals surface area contributed by atoms with Gasteiger partial charge in [-0.05, 0) is 63.1 Å². The molecule has 27 heavy (non-hydrogen) atoms. The second-order valence-electron chi connectivity index (χ2n) is 8.21. The van der Waals surface area contributed by atoms with Crippen LogP contribution in [0.1, 0.15) is 63.4 Å². The highest BCUT2D eigenvalue weighted by Gasteiger charge is 2.43. The molecule has 1 saturated carbocycles. The van der Waals surface area contributed by atoms with Gasteiger partial charge in [-0.15, -0.1) is 0 Å². The number of aliphatic imine (C=N–C) groups is 2. The Balaban J connectivity index is 1.80. The van der Waals surface area contributed by atoms with E-state index in [0.717, 1.165) is 44.5 Å². The van der Waals surface area contributed by atoms with E-state index in [9.17, 15) is 0 Å². The summed E-state index contributed by atoms with van der Waals surface area (Å²) in [6.45, 7) is 4.33. The van der Waals surface area contributed by atoms with Crippen molar-refractivity contribution in [1.82, 2.24) is 0 Å². The topological polar surface area (TPSA) is 83.2 Å². The van der Waals surface area contributed by atoms with E-state index in [-0.39, 0.29) is 5.66 Å². The molecule has 6 nitrogen and oxygen atoms in total. The highest BCUT2D eigenvalue weighted by molar-refractivity contribution is 6.07. The van der Waals surface area contributed by atoms with Gasteiger partial charge in [-0.2, -0.15) is 4.99 Å². The smallest absolute Gasteiger partial charge is 0.220 e. The molecule has 0 radical (unpaired) electrons. The Morgan fingerprint density at radius 1 is 0.889 bits per heavy atom. The molecule has 4 rings (SSSR count). The number of nitrogens with zero attached hydrogens (tertiary/aromatic N) is 4. The number of aryl methyl sites for hydroxylation is 1. The average molecular weight is 369 g/mol. The van der Waals surface area contributed by atoms with Crippen LogP contribution in [0, 0.1) is 6.92 Å². The molecule has 3 aliphatic rings. The van der Waals surface area contributed by atoms with Gasteiger partial charge in [0.2, 0.25) is 11.9 Å². The summed E-state index contributed by atoms with van der Waals surface area (Å²) in [5, 5.41) is 0. The number of anilines is 2. The van der Waals surface area contributed by atoms with Crippen molar-refractivity contribution in [1.29, 1.82) is 0 Å². The summed E-state index contributed by atoms with van der Waals surface area (Å²) in [5.41, 5.74) is 15.8. The van der Waals surface area contributed by atoms with Crippen LogP contribution in [0.4, 0.5) is 11.4 Å². The fraction of sp³-hybridized carbons (Fsp3) is 0.619. The van der Waals surface area contributed by atoms with Crippen LogP contribution in [-0.4, -0.2) is 30.7 Å². The lowest BCUT2D eigenvalue weighted by molar-refractivity contribution is 0.305. The quantitative estimate of drug-likeness (QED) is 0.837. The maximum atomic E-state index is 6.48. The Morgan fingerprint density at radius 2 is 1.56 bits per heavy atom. The molecule has 1 saturated heterocycles. The fourth-order valence-electron chi connectivity index (χ4n) is 4.86. The van der Waals surface area contributed by atoms with Crippen molar-refractivity contribution in [2.24, 2.45) is 21.5 Å². The van der Waals surface area contributed by atoms with E-state index in [1.165, 1.54) is 43.4 Å². The van der Waals surface area contributed by atoms with E-state index in [0.29, 0.717) is 11.9 Å². The maximum absolute atomic E-state index is 6.48. The second-order valence-corrected chi connectivity index (χ2v) is 8.21. The van der Waals surface area contributed by atoms with E-state index in [1.54, 1.807) is 0 Å². The van der Waals surface area contributed by atoms with Crippen molar-refractivity contribution in [2.45, 2.75) is 70.4 Å². The van der Waals surface area contributed by atoms with Crippen LogP contribution < -0.4 is 21.3 Å². The van der Waals surface area contributed by atoms with E-state index < -0.39 is 0 Å². The lowest BCUT2D eigenvalue weighted by Crippen LogP contribution is -2.58. The Kier molecular flexibility index (Phi) is 4.98. The third-order valence-electron chi connectivity index (χ3n) is 6.17. The summed E-state index contributed by atoms with van der Waals surface area (Å²) < 4.78 is 0. The molecule has 0 bridgehead atoms. The van der Waals surface area contributed by atoms with Crippen molar-refractivity contribution < 1.29 is 0 Å². The summed E-state index contributed by atoms with van der Waals surface area (Å²) >= 11 is 0. The Morgan fingerprint density at radius 3 is 2.26 bits per heavy atom. The highest BCUT2D eigenvalue weighted by atomic mass is 15.4. The molecule has 6 heteroatoms. The third-order valence-corrected chi connectivity index (χ3v) is 6.17. The summed E-state index contributed by atoms with van der Waals surface area (Å²) in [6, 6.07) is 6.70. The molecule has 2 fully saturated rings. The average Bonchev–Trinajstić information content (AvgIpc) is 2.91. The first-order valence-corrected chi connectivity index (χ1v) is 10.4. The number of hydrogen-bond donors (Lipinski definition) is 2. The fourth-order valence-corrected chi connectivity index (χ4v) is 4.86. The van der Waals surface area contributed by atoms with Gasteiger partial charge in [0.05, 0.1) is 11.4 Å². The molecule has 0 aromatic heterocycles. The van der Waals surface area contributed by atoms with Crippen molar-refractivity contribution in [3.05, 3.63) is 23.8 Å². The van der Waals surface area contributed by atoms with Crippen molar-refractivity contribution in [3.8, 4) is 0 Å². The molecule has 4 N–H and O–H groups in total. The lowest BCUT2D eigenvalue weighted by Gasteiger charge is -2.47. The molecule has 2 heterocycles. The molecule has 1 aromatic carbocycles. The Bertz CT molecular complexity index is 739. The van der Waals surface area contributed by atoms with Crippen LogP contribution in [-0.2, 0) is 0 Å². The predicted molar refractivity (Wildman–Crippen MR) is 113 cm³/mol. The summed E-state index contributed by atoms with van der Waals surface area (Å²) in [4.78, 5) is 13.9. The van der Waals surface area contributed by atoms with Crippen LogP contribution in [0.15, 0.2) is 28.2 Å². The van der Waals surface area contributed by atoms with Gasteiger partial charge in [-0.25, -0.2) is 4.99 Å². The van der Waals surface area contributed by atoms with Gasteiger partial charge >= 0.3 is 0 Å². The molecular formula is C21H32N6. The minimum atomic E-state index is -0.386. The van der Waals surface area contributed by atoms with Crippen molar-refractivity contribution in [2.75, 3.05) is 22.9 Å². The molecule has 1 aromatic rings. The number of nitrogens with two attached hydrogens (primary N) is 2. The zero-order valence-electron chi connectivity index (χ0n) is 16.5. The van der Waals surface area contributed by atoms with Gasteiger partial charge in [0.15, 0.2) is 0 Å². The normalized spacial score (nSPS) is 23.0. The van der Waals surface area contributed by atoms with Gasteiger partial charge in [-0.3, -0.25) is 4.90 Å². The van der Waals surface area contributed by atoms with Gasteiger partial charge in [0.1, 0.15) is 5.66 Å². The molecular weight excluding hydrogens is 336 g/mol. The van der Waals surface area contributed by atoms with Gasteiger partial charge in [-0.1, -0.05) is 25.3 Å². The minimum Gasteiger partial charge on any atom is -0.370 e. The molecule has 0 atom stereocenters. The first kappa shape index (κ1) is 18.1. The van der Waals surface area contributed by atoms with Gasteiger partial charge < -0.3 is 16.4 Å².